The number of amides is 2. The highest BCUT2D eigenvalue weighted by molar-refractivity contribution is 5.98. The molecule has 1 unspecified atom stereocenters. The van der Waals surface area contributed by atoms with Crippen molar-refractivity contribution >= 4 is 22.7 Å². The minimum absolute atomic E-state index is 0.0178. The molecule has 1 spiro atoms. The molecule has 1 aliphatic heterocycles. The van der Waals surface area contributed by atoms with Gasteiger partial charge in [0.05, 0.1) is 6.04 Å². The van der Waals surface area contributed by atoms with Gasteiger partial charge >= 0.3 is 0 Å². The first-order chi connectivity index (χ1) is 16.3. The van der Waals surface area contributed by atoms with E-state index in [-0.39, 0.29) is 29.2 Å². The van der Waals surface area contributed by atoms with Gasteiger partial charge in [-0.1, -0.05) is 41.5 Å². The number of carbonyl (C=O) groups is 2. The molecule has 2 fully saturated rings. The first-order valence-electron chi connectivity index (χ1n) is 12.6. The molecule has 2 heterocycles. The molecule has 1 aromatic heterocycles. The lowest BCUT2D eigenvalue weighted by Gasteiger charge is -2.39. The van der Waals surface area contributed by atoms with Gasteiger partial charge in [-0.3, -0.25) is 9.59 Å². The zero-order valence-electron chi connectivity index (χ0n) is 20.5. The third-order valence-corrected chi connectivity index (χ3v) is 8.13. The Hall–Kier alpha value is -3.08. The molecule has 34 heavy (non-hydrogen) atoms. The van der Waals surface area contributed by atoms with Gasteiger partial charge in [0.1, 0.15) is 5.69 Å². The van der Waals surface area contributed by atoms with Crippen LogP contribution in [0.4, 0.5) is 0 Å². The molecule has 2 aliphatic rings. The minimum Gasteiger partial charge on any atom is -0.351 e. The summed E-state index contributed by atoms with van der Waals surface area (Å²) in [4.78, 5) is 31.4. The molecule has 5 nitrogen and oxygen atoms in total. The topological polar surface area (TPSA) is 65.2 Å². The molecule has 0 bridgehead atoms. The number of rotatable bonds is 4. The van der Waals surface area contributed by atoms with Crippen molar-refractivity contribution in [3.05, 3.63) is 70.9 Å². The largest absolute Gasteiger partial charge is 0.351 e. The fraction of sp³-hybridized carbons (Fsp3) is 0.448. The Morgan fingerprint density at radius 1 is 1.00 bits per heavy atom. The lowest BCUT2D eigenvalue weighted by molar-refractivity contribution is -0.125. The number of carbonyl (C=O) groups excluding carboxylic acids is 2. The maximum absolute atomic E-state index is 13.1. The average Bonchev–Trinajstić information content (AvgIpc) is 3.44. The summed E-state index contributed by atoms with van der Waals surface area (Å²) in [6.07, 6.45) is 4.93. The smallest absolute Gasteiger partial charge is 0.270 e. The van der Waals surface area contributed by atoms with Crippen molar-refractivity contribution in [2.45, 2.75) is 58.9 Å². The second-order valence-electron chi connectivity index (χ2n) is 10.6. The van der Waals surface area contributed by atoms with Gasteiger partial charge in [0, 0.05) is 29.9 Å². The zero-order valence-corrected chi connectivity index (χ0v) is 20.5. The molecule has 178 valence electrons. The maximum atomic E-state index is 13.1. The van der Waals surface area contributed by atoms with Crippen molar-refractivity contribution in [3.63, 3.8) is 0 Å². The minimum atomic E-state index is 0.0178. The Kier molecular flexibility index (Phi) is 5.97. The van der Waals surface area contributed by atoms with Crippen LogP contribution < -0.4 is 5.32 Å². The van der Waals surface area contributed by atoms with Gasteiger partial charge in [-0.2, -0.15) is 0 Å². The summed E-state index contributed by atoms with van der Waals surface area (Å²) in [5, 5.41) is 4.32. The molecular weight excluding hydrogens is 422 g/mol. The lowest BCUT2D eigenvalue weighted by atomic mass is 9.76. The number of nitrogens with one attached hydrogen (secondary N) is 2. The number of hydrogen-bond acceptors (Lipinski definition) is 2. The van der Waals surface area contributed by atoms with E-state index in [0.29, 0.717) is 5.69 Å². The molecule has 2 atom stereocenters. The Balaban J connectivity index is 1.16. The number of aryl methyl sites for hydroxylation is 2. The summed E-state index contributed by atoms with van der Waals surface area (Å²) in [7, 11) is 0. The van der Waals surface area contributed by atoms with Crippen LogP contribution in [0.15, 0.2) is 48.5 Å². The Bertz CT molecular complexity index is 1200. The van der Waals surface area contributed by atoms with Gasteiger partial charge in [-0.15, -0.1) is 0 Å². The normalized spacial score (nSPS) is 20.6. The average molecular weight is 458 g/mol. The van der Waals surface area contributed by atoms with Gasteiger partial charge in [0.25, 0.3) is 5.91 Å². The SMILES string of the molecule is Cc1ccc([C@@H](C)NC(=O)C2CCC3(CCN(C(=O)c4cc5cc(C)ccc5[nH]4)CC3)C2)cc1. The molecule has 2 aromatic carbocycles. The van der Waals surface area contributed by atoms with Crippen molar-refractivity contribution in [1.29, 1.82) is 0 Å². The first-order valence-corrected chi connectivity index (χ1v) is 12.6. The number of aromatic amines is 1. The van der Waals surface area contributed by atoms with Crippen molar-refractivity contribution in [1.82, 2.24) is 15.2 Å². The second-order valence-corrected chi connectivity index (χ2v) is 10.6. The van der Waals surface area contributed by atoms with E-state index < -0.39 is 0 Å². The van der Waals surface area contributed by atoms with Crippen LogP contribution in [-0.2, 0) is 4.79 Å². The van der Waals surface area contributed by atoms with Crippen LogP contribution in [0.5, 0.6) is 0 Å². The number of fused-ring (bicyclic) bond motifs is 1. The highest BCUT2D eigenvalue weighted by Crippen LogP contribution is 2.49. The van der Waals surface area contributed by atoms with Crippen molar-refractivity contribution < 1.29 is 9.59 Å². The second kappa shape index (κ2) is 8.94. The molecule has 2 amide bonds. The number of piperidine rings is 1. The highest BCUT2D eigenvalue weighted by Gasteiger charge is 2.44. The van der Waals surface area contributed by atoms with E-state index in [1.165, 1.54) is 11.1 Å². The van der Waals surface area contributed by atoms with Crippen LogP contribution in [0.25, 0.3) is 10.9 Å². The van der Waals surface area contributed by atoms with E-state index in [9.17, 15) is 9.59 Å². The van der Waals surface area contributed by atoms with Crippen LogP contribution in [0.3, 0.4) is 0 Å². The molecule has 1 saturated heterocycles. The molecule has 1 saturated carbocycles. The summed E-state index contributed by atoms with van der Waals surface area (Å²) < 4.78 is 0. The number of H-pyrrole nitrogens is 1. The van der Waals surface area contributed by atoms with Crippen LogP contribution >= 0.6 is 0 Å². The number of nitrogens with zero attached hydrogens (tertiary/aromatic N) is 1. The van der Waals surface area contributed by atoms with Crippen molar-refractivity contribution in [3.8, 4) is 0 Å². The molecule has 0 radical (unpaired) electrons. The van der Waals surface area contributed by atoms with E-state index in [1.807, 2.05) is 17.0 Å². The third kappa shape index (κ3) is 4.48. The Morgan fingerprint density at radius 2 is 1.71 bits per heavy atom. The fourth-order valence-corrected chi connectivity index (χ4v) is 5.88. The third-order valence-electron chi connectivity index (χ3n) is 8.13. The number of aromatic nitrogens is 1. The van der Waals surface area contributed by atoms with Crippen LogP contribution in [0.1, 0.15) is 72.2 Å². The van der Waals surface area contributed by atoms with Crippen molar-refractivity contribution in [2.24, 2.45) is 11.3 Å². The quantitative estimate of drug-likeness (QED) is 0.529. The molecule has 5 heteroatoms. The van der Waals surface area contributed by atoms with Gasteiger partial charge in [-0.05, 0) is 82.1 Å². The van der Waals surface area contributed by atoms with Gasteiger partial charge in [0.2, 0.25) is 5.91 Å². The number of likely N-dealkylation sites (tertiary alicyclic amines) is 1. The maximum Gasteiger partial charge on any atom is 0.270 e. The molecule has 5 rings (SSSR count). The van der Waals surface area contributed by atoms with Gasteiger partial charge in [0.15, 0.2) is 0 Å². The van der Waals surface area contributed by atoms with Crippen molar-refractivity contribution in [2.75, 3.05) is 13.1 Å². The van der Waals surface area contributed by atoms with E-state index in [1.54, 1.807) is 0 Å². The predicted octanol–water partition coefficient (Wildman–Crippen LogP) is 5.68. The van der Waals surface area contributed by atoms with E-state index in [0.717, 1.165) is 61.7 Å². The van der Waals surface area contributed by atoms with Gasteiger partial charge < -0.3 is 15.2 Å². The molecule has 3 aromatic rings. The van der Waals surface area contributed by atoms with E-state index in [4.69, 9.17) is 0 Å². The van der Waals surface area contributed by atoms with Crippen LogP contribution in [-0.4, -0.2) is 34.8 Å². The van der Waals surface area contributed by atoms with E-state index in [2.05, 4.69) is 67.5 Å². The van der Waals surface area contributed by atoms with Gasteiger partial charge in [-0.25, -0.2) is 0 Å². The number of hydrogen-bond donors (Lipinski definition) is 2. The predicted molar refractivity (Wildman–Crippen MR) is 136 cm³/mol. The standard InChI is InChI=1S/C29H35N3O2/c1-19-4-7-22(8-5-19)21(3)30-27(33)23-10-11-29(18-23)12-14-32(15-13-29)28(34)26-17-24-16-20(2)6-9-25(24)31-26/h4-9,16-17,21,23,31H,10-15,18H2,1-3H3,(H,30,33)/t21-,23?/m1/s1. The molecule has 1 aliphatic carbocycles. The summed E-state index contributed by atoms with van der Waals surface area (Å²) in [5.41, 5.74) is 5.44. The summed E-state index contributed by atoms with van der Waals surface area (Å²) >= 11 is 0. The fourth-order valence-electron chi connectivity index (χ4n) is 5.88. The lowest BCUT2D eigenvalue weighted by Crippen LogP contribution is -2.43. The zero-order chi connectivity index (χ0) is 23.9. The monoisotopic (exact) mass is 457 g/mol. The number of benzene rings is 2. The first kappa shape index (κ1) is 22.7. The van der Waals surface area contributed by atoms with E-state index >= 15 is 0 Å². The highest BCUT2D eigenvalue weighted by atomic mass is 16.2. The van der Waals surface area contributed by atoms with Crippen LogP contribution in [0.2, 0.25) is 0 Å². The molecule has 2 N–H and O–H groups in total. The Morgan fingerprint density at radius 3 is 2.44 bits per heavy atom. The summed E-state index contributed by atoms with van der Waals surface area (Å²) in [5.74, 6) is 0.340. The molecular formula is C29H35N3O2. The van der Waals surface area contributed by atoms with Crippen LogP contribution in [0, 0.1) is 25.2 Å². The Labute approximate surface area is 201 Å². The summed E-state index contributed by atoms with van der Waals surface area (Å²) in [6.45, 7) is 7.73. The summed E-state index contributed by atoms with van der Waals surface area (Å²) in [6, 6.07) is 16.6.